The van der Waals surface area contributed by atoms with Gasteiger partial charge >= 0.3 is 0 Å². The molecule has 0 saturated heterocycles. The Hall–Kier alpha value is -0.570. The Morgan fingerprint density at radius 3 is 2.46 bits per heavy atom. The lowest BCUT2D eigenvalue weighted by Crippen LogP contribution is -2.45. The lowest BCUT2D eigenvalue weighted by Gasteiger charge is -2.19. The number of hydrogen-bond acceptors (Lipinski definition) is 2. The zero-order valence-electron chi connectivity index (χ0n) is 8.97. The van der Waals surface area contributed by atoms with E-state index in [9.17, 15) is 4.79 Å². The van der Waals surface area contributed by atoms with Crippen LogP contribution in [0.25, 0.3) is 0 Å². The summed E-state index contributed by atoms with van der Waals surface area (Å²) in [6.07, 6.45) is 4.04. The molecule has 3 N–H and O–H groups in total. The van der Waals surface area contributed by atoms with Crippen molar-refractivity contribution >= 4 is 5.91 Å². The van der Waals surface area contributed by atoms with Gasteiger partial charge in [0, 0.05) is 6.04 Å². The van der Waals surface area contributed by atoms with Gasteiger partial charge in [0.1, 0.15) is 0 Å². The van der Waals surface area contributed by atoms with E-state index in [1.165, 1.54) is 0 Å². The first-order valence-corrected chi connectivity index (χ1v) is 5.17. The van der Waals surface area contributed by atoms with Gasteiger partial charge in [0.15, 0.2) is 0 Å². The fraction of sp³-hybridized carbons (Fsp3) is 0.900. The molecule has 0 bridgehead atoms. The monoisotopic (exact) mass is 186 g/mol. The molecule has 0 aromatic heterocycles. The summed E-state index contributed by atoms with van der Waals surface area (Å²) in [6, 6.07) is 0.226. The molecule has 3 heteroatoms. The van der Waals surface area contributed by atoms with Gasteiger partial charge in [0.05, 0.1) is 6.04 Å². The summed E-state index contributed by atoms with van der Waals surface area (Å²) in [4.78, 5) is 11.0. The lowest BCUT2D eigenvalue weighted by atomic mass is 10.1. The second-order valence-corrected chi connectivity index (χ2v) is 3.57. The zero-order chi connectivity index (χ0) is 10.3. The number of amides is 1. The van der Waals surface area contributed by atoms with Crippen LogP contribution in [0.3, 0.4) is 0 Å². The topological polar surface area (TPSA) is 55.1 Å². The molecule has 1 amide bonds. The number of nitrogens with two attached hydrogens (primary N) is 1. The predicted molar refractivity (Wildman–Crippen MR) is 55.4 cm³/mol. The van der Waals surface area contributed by atoms with Crippen molar-refractivity contribution in [3.63, 3.8) is 0 Å². The van der Waals surface area contributed by atoms with Crippen LogP contribution in [0.5, 0.6) is 0 Å². The quantitative estimate of drug-likeness (QED) is 0.631. The molecule has 0 aliphatic carbocycles. The molecule has 78 valence electrons. The zero-order valence-corrected chi connectivity index (χ0v) is 8.97. The second kappa shape index (κ2) is 6.89. The van der Waals surface area contributed by atoms with Crippen LogP contribution in [0.1, 0.15) is 46.5 Å². The summed E-state index contributed by atoms with van der Waals surface area (Å²) in [5.74, 6) is -0.228. The average molecular weight is 186 g/mol. The van der Waals surface area contributed by atoms with E-state index in [0.29, 0.717) is 6.04 Å². The normalized spacial score (nSPS) is 15.3. The van der Waals surface area contributed by atoms with Crippen LogP contribution in [-0.4, -0.2) is 18.0 Å². The van der Waals surface area contributed by atoms with Crippen molar-refractivity contribution in [3.8, 4) is 0 Å². The van der Waals surface area contributed by atoms with Gasteiger partial charge in [-0.25, -0.2) is 0 Å². The van der Waals surface area contributed by atoms with Gasteiger partial charge in [0.2, 0.25) is 5.91 Å². The molecular formula is C10H22N2O. The molecule has 2 unspecified atom stereocenters. The summed E-state index contributed by atoms with van der Waals surface area (Å²) in [5.41, 5.74) is 5.28. The Labute approximate surface area is 81.1 Å². The maximum absolute atomic E-state index is 11.0. The molecule has 0 radical (unpaired) electrons. The molecule has 2 atom stereocenters. The van der Waals surface area contributed by atoms with E-state index in [0.717, 1.165) is 25.7 Å². The molecule has 3 nitrogen and oxygen atoms in total. The van der Waals surface area contributed by atoms with E-state index >= 15 is 0 Å². The Morgan fingerprint density at radius 2 is 2.08 bits per heavy atom. The van der Waals surface area contributed by atoms with E-state index < -0.39 is 0 Å². The van der Waals surface area contributed by atoms with Gasteiger partial charge in [0.25, 0.3) is 0 Å². The number of primary amides is 1. The number of hydrogen-bond donors (Lipinski definition) is 2. The summed E-state index contributed by atoms with van der Waals surface area (Å²) in [6.45, 7) is 6.28. The van der Waals surface area contributed by atoms with Crippen LogP contribution in [0.2, 0.25) is 0 Å². The fourth-order valence-corrected chi connectivity index (χ4v) is 1.18. The van der Waals surface area contributed by atoms with Crippen molar-refractivity contribution in [2.75, 3.05) is 0 Å². The molecule has 0 spiro atoms. The molecule has 0 saturated carbocycles. The Kier molecular flexibility index (Phi) is 6.59. The Morgan fingerprint density at radius 1 is 1.46 bits per heavy atom. The van der Waals surface area contributed by atoms with Crippen LogP contribution in [-0.2, 0) is 4.79 Å². The van der Waals surface area contributed by atoms with Gasteiger partial charge in [-0.05, 0) is 19.8 Å². The Balaban J connectivity index is 3.87. The minimum Gasteiger partial charge on any atom is -0.368 e. The molecule has 0 aliphatic rings. The third-order valence-electron chi connectivity index (χ3n) is 2.29. The van der Waals surface area contributed by atoms with E-state index in [1.54, 1.807) is 0 Å². The van der Waals surface area contributed by atoms with Crippen molar-refractivity contribution in [1.29, 1.82) is 0 Å². The average Bonchev–Trinajstić information content (AvgIpc) is 2.11. The number of carbonyl (C=O) groups is 1. The lowest BCUT2D eigenvalue weighted by molar-refractivity contribution is -0.120. The van der Waals surface area contributed by atoms with Crippen LogP contribution in [0.15, 0.2) is 0 Å². The van der Waals surface area contributed by atoms with E-state index in [4.69, 9.17) is 5.73 Å². The summed E-state index contributed by atoms with van der Waals surface area (Å²) < 4.78 is 0. The first-order valence-electron chi connectivity index (χ1n) is 5.17. The SMILES string of the molecule is CCCCC(NC(C)CC)C(N)=O. The van der Waals surface area contributed by atoms with Crippen molar-refractivity contribution in [3.05, 3.63) is 0 Å². The number of unbranched alkanes of at least 4 members (excludes halogenated alkanes) is 1. The second-order valence-electron chi connectivity index (χ2n) is 3.57. The first kappa shape index (κ1) is 12.4. The van der Waals surface area contributed by atoms with Gasteiger partial charge in [-0.15, -0.1) is 0 Å². The van der Waals surface area contributed by atoms with E-state index in [1.807, 2.05) is 0 Å². The van der Waals surface area contributed by atoms with Gasteiger partial charge in [-0.2, -0.15) is 0 Å². The number of carbonyl (C=O) groups excluding carboxylic acids is 1. The van der Waals surface area contributed by atoms with Gasteiger partial charge in [-0.3, -0.25) is 4.79 Å². The van der Waals surface area contributed by atoms with Crippen molar-refractivity contribution in [2.45, 2.75) is 58.5 Å². The Bertz CT molecular complexity index is 148. The minimum absolute atomic E-state index is 0.144. The highest BCUT2D eigenvalue weighted by Crippen LogP contribution is 2.02. The van der Waals surface area contributed by atoms with Crippen molar-refractivity contribution < 1.29 is 4.79 Å². The molecule has 0 heterocycles. The summed E-state index contributed by atoms with van der Waals surface area (Å²) in [7, 11) is 0. The molecular weight excluding hydrogens is 164 g/mol. The minimum atomic E-state index is -0.228. The maximum atomic E-state index is 11.0. The molecule has 0 rings (SSSR count). The third kappa shape index (κ3) is 5.64. The smallest absolute Gasteiger partial charge is 0.234 e. The molecule has 13 heavy (non-hydrogen) atoms. The largest absolute Gasteiger partial charge is 0.368 e. The van der Waals surface area contributed by atoms with Crippen molar-refractivity contribution in [1.82, 2.24) is 5.32 Å². The number of nitrogens with one attached hydrogen (secondary N) is 1. The van der Waals surface area contributed by atoms with Crippen LogP contribution < -0.4 is 11.1 Å². The van der Waals surface area contributed by atoms with Gasteiger partial charge in [-0.1, -0.05) is 26.7 Å². The highest BCUT2D eigenvalue weighted by molar-refractivity contribution is 5.79. The molecule has 0 aliphatic heterocycles. The molecule has 0 aromatic carbocycles. The number of rotatable bonds is 7. The maximum Gasteiger partial charge on any atom is 0.234 e. The van der Waals surface area contributed by atoms with E-state index in [-0.39, 0.29) is 11.9 Å². The summed E-state index contributed by atoms with van der Waals surface area (Å²) >= 11 is 0. The third-order valence-corrected chi connectivity index (χ3v) is 2.29. The standard InChI is InChI=1S/C10H22N2O/c1-4-6-7-9(10(11)13)12-8(3)5-2/h8-9,12H,4-7H2,1-3H3,(H2,11,13). The van der Waals surface area contributed by atoms with E-state index in [2.05, 4.69) is 26.1 Å². The summed E-state index contributed by atoms with van der Waals surface area (Å²) in [5, 5.41) is 3.23. The fourth-order valence-electron chi connectivity index (χ4n) is 1.18. The highest BCUT2D eigenvalue weighted by Gasteiger charge is 2.15. The van der Waals surface area contributed by atoms with Crippen LogP contribution in [0.4, 0.5) is 0 Å². The molecule has 0 aromatic rings. The molecule has 0 fully saturated rings. The van der Waals surface area contributed by atoms with Gasteiger partial charge < -0.3 is 11.1 Å². The predicted octanol–water partition coefficient (Wildman–Crippen LogP) is 1.42. The van der Waals surface area contributed by atoms with Crippen LogP contribution >= 0.6 is 0 Å². The van der Waals surface area contributed by atoms with Crippen LogP contribution in [0, 0.1) is 0 Å². The van der Waals surface area contributed by atoms with Crippen molar-refractivity contribution in [2.24, 2.45) is 5.73 Å². The highest BCUT2D eigenvalue weighted by atomic mass is 16.1. The first-order chi connectivity index (χ1) is 6.11.